The molecule has 0 unspecified atom stereocenters. The van der Waals surface area contributed by atoms with Gasteiger partial charge in [-0.15, -0.1) is 5.10 Å². The molecule has 4 heterocycles. The number of hydrogen-bond donors (Lipinski definition) is 1. The van der Waals surface area contributed by atoms with E-state index < -0.39 is 5.97 Å². The molecule has 204 valence electrons. The fraction of sp³-hybridized carbons (Fsp3) is 0.310. The smallest absolute Gasteiger partial charge is 0.341 e. The van der Waals surface area contributed by atoms with Gasteiger partial charge in [0.1, 0.15) is 11.4 Å². The van der Waals surface area contributed by atoms with Crippen LogP contribution in [0.2, 0.25) is 0 Å². The Balaban J connectivity index is 1.35. The number of aromatic carboxylic acids is 1. The highest BCUT2D eigenvalue weighted by Crippen LogP contribution is 2.33. The fourth-order valence-electron chi connectivity index (χ4n) is 5.28. The van der Waals surface area contributed by atoms with E-state index in [0.717, 1.165) is 42.6 Å². The van der Waals surface area contributed by atoms with Gasteiger partial charge < -0.3 is 9.67 Å². The van der Waals surface area contributed by atoms with Crippen molar-refractivity contribution in [2.45, 2.75) is 39.2 Å². The van der Waals surface area contributed by atoms with E-state index in [1.165, 1.54) is 15.8 Å². The molecule has 4 aromatic heterocycles. The molecular weight excluding hydrogens is 508 g/mol. The molecule has 1 amide bonds. The van der Waals surface area contributed by atoms with Crippen LogP contribution < -0.4 is 4.90 Å². The minimum atomic E-state index is -1.15. The van der Waals surface area contributed by atoms with Crippen molar-refractivity contribution in [1.82, 2.24) is 33.9 Å². The molecule has 40 heavy (non-hydrogen) atoms. The third-order valence-corrected chi connectivity index (χ3v) is 7.70. The summed E-state index contributed by atoms with van der Waals surface area (Å²) in [6.45, 7) is 2.33. The Morgan fingerprint density at radius 1 is 1.02 bits per heavy atom. The van der Waals surface area contributed by atoms with Crippen molar-refractivity contribution in [2.75, 3.05) is 4.90 Å². The maximum Gasteiger partial charge on any atom is 0.341 e. The predicted octanol–water partition coefficient (Wildman–Crippen LogP) is 4.37. The SMILES string of the molecule is CC1CCC(C(=O)N(Cc2nccn2C)c2nn(-c3ccc(-c4cc5ncccn5n4)cc3)cc2C(=O)O)CC1. The molecule has 5 aromatic rings. The van der Waals surface area contributed by atoms with Gasteiger partial charge in [-0.25, -0.2) is 24.0 Å². The molecule has 11 nitrogen and oxygen atoms in total. The number of carbonyl (C=O) groups is 2. The third kappa shape index (κ3) is 4.86. The van der Waals surface area contributed by atoms with E-state index in [9.17, 15) is 14.7 Å². The highest BCUT2D eigenvalue weighted by Gasteiger charge is 2.33. The molecule has 0 bridgehead atoms. The van der Waals surface area contributed by atoms with Crippen molar-refractivity contribution < 1.29 is 14.7 Å². The highest BCUT2D eigenvalue weighted by molar-refractivity contribution is 6.01. The van der Waals surface area contributed by atoms with Gasteiger partial charge in [-0.05, 0) is 49.8 Å². The van der Waals surface area contributed by atoms with Crippen LogP contribution in [0.15, 0.2) is 67.4 Å². The number of carboxylic acid groups (broad SMARTS) is 1. The van der Waals surface area contributed by atoms with E-state index in [1.54, 1.807) is 23.1 Å². The van der Waals surface area contributed by atoms with Crippen molar-refractivity contribution in [1.29, 1.82) is 0 Å². The minimum Gasteiger partial charge on any atom is -0.477 e. The second-order valence-electron chi connectivity index (χ2n) is 10.5. The summed E-state index contributed by atoms with van der Waals surface area (Å²) in [5.41, 5.74) is 3.02. The molecule has 1 aromatic carbocycles. The minimum absolute atomic E-state index is 0.0396. The Morgan fingerprint density at radius 2 is 1.80 bits per heavy atom. The number of fused-ring (bicyclic) bond motifs is 1. The average Bonchev–Trinajstić information content (AvgIpc) is 3.70. The number of hydrogen-bond acceptors (Lipinski definition) is 6. The second-order valence-corrected chi connectivity index (χ2v) is 10.5. The lowest BCUT2D eigenvalue weighted by Gasteiger charge is -2.30. The monoisotopic (exact) mass is 538 g/mol. The zero-order valence-corrected chi connectivity index (χ0v) is 22.4. The Kier molecular flexibility index (Phi) is 6.63. The number of carboxylic acids is 1. The van der Waals surface area contributed by atoms with Gasteiger partial charge in [0.15, 0.2) is 11.5 Å². The molecule has 0 atom stereocenters. The summed E-state index contributed by atoms with van der Waals surface area (Å²) in [6, 6.07) is 11.2. The Morgan fingerprint density at radius 3 is 2.48 bits per heavy atom. The van der Waals surface area contributed by atoms with E-state index in [4.69, 9.17) is 0 Å². The predicted molar refractivity (Wildman–Crippen MR) is 148 cm³/mol. The number of aryl methyl sites for hydroxylation is 1. The first kappa shape index (κ1) is 25.5. The lowest BCUT2D eigenvalue weighted by Crippen LogP contribution is -2.39. The van der Waals surface area contributed by atoms with Crippen molar-refractivity contribution >= 4 is 23.3 Å². The standard InChI is InChI=1S/C29H30N8O3/c1-19-4-6-21(7-5-19)28(38)35(18-26-31-13-15-34(26)2)27-23(29(39)40)17-37(33-27)22-10-8-20(9-11-22)24-16-25-30-12-3-14-36(25)32-24/h3,8-17,19,21H,4-7,18H2,1-2H3,(H,39,40). The second kappa shape index (κ2) is 10.4. The van der Waals surface area contributed by atoms with Gasteiger partial charge in [-0.2, -0.15) is 5.10 Å². The van der Waals surface area contributed by atoms with Gasteiger partial charge in [-0.1, -0.05) is 19.1 Å². The third-order valence-electron chi connectivity index (χ3n) is 7.70. The normalized spacial score (nSPS) is 17.2. The fourth-order valence-corrected chi connectivity index (χ4v) is 5.28. The molecule has 1 saturated carbocycles. The van der Waals surface area contributed by atoms with Crippen LogP contribution in [0.3, 0.4) is 0 Å². The van der Waals surface area contributed by atoms with E-state index in [2.05, 4.69) is 27.1 Å². The van der Waals surface area contributed by atoms with Gasteiger partial charge in [-0.3, -0.25) is 9.69 Å². The summed E-state index contributed by atoms with van der Waals surface area (Å²) >= 11 is 0. The summed E-state index contributed by atoms with van der Waals surface area (Å²) in [5, 5.41) is 19.3. The van der Waals surface area contributed by atoms with Crippen LogP contribution in [0, 0.1) is 11.8 Å². The quantitative estimate of drug-likeness (QED) is 0.326. The lowest BCUT2D eigenvalue weighted by atomic mass is 9.82. The van der Waals surface area contributed by atoms with Crippen LogP contribution in [0.25, 0.3) is 22.6 Å². The summed E-state index contributed by atoms with van der Waals surface area (Å²) in [4.78, 5) is 36.5. The molecule has 0 radical (unpaired) electrons. The molecule has 1 aliphatic rings. The topological polar surface area (TPSA) is 123 Å². The Labute approximate surface area is 230 Å². The number of nitrogens with zero attached hydrogens (tertiary/aromatic N) is 8. The summed E-state index contributed by atoms with van der Waals surface area (Å²) in [7, 11) is 1.85. The molecular formula is C29H30N8O3. The zero-order chi connectivity index (χ0) is 27.8. The number of benzene rings is 1. The van der Waals surface area contributed by atoms with Crippen LogP contribution >= 0.6 is 0 Å². The first-order valence-electron chi connectivity index (χ1n) is 13.4. The number of anilines is 1. The Bertz CT molecular complexity index is 1640. The van der Waals surface area contributed by atoms with Crippen LogP contribution in [-0.4, -0.2) is 50.9 Å². The number of carbonyl (C=O) groups excluding carboxylic acids is 1. The van der Waals surface area contributed by atoms with Crippen LogP contribution in [0.4, 0.5) is 5.82 Å². The molecule has 1 N–H and O–H groups in total. The molecule has 0 aliphatic heterocycles. The van der Waals surface area contributed by atoms with E-state index in [0.29, 0.717) is 17.4 Å². The number of rotatable bonds is 7. The molecule has 0 spiro atoms. The Hall–Kier alpha value is -4.80. The summed E-state index contributed by atoms with van der Waals surface area (Å²) < 4.78 is 5.05. The van der Waals surface area contributed by atoms with E-state index in [-0.39, 0.29) is 29.8 Å². The van der Waals surface area contributed by atoms with Gasteiger partial charge in [0.05, 0.1) is 17.9 Å². The molecule has 1 aliphatic carbocycles. The molecule has 0 saturated heterocycles. The van der Waals surface area contributed by atoms with Crippen molar-refractivity contribution in [2.24, 2.45) is 18.9 Å². The molecule has 6 rings (SSSR count). The maximum atomic E-state index is 13.9. The van der Waals surface area contributed by atoms with Crippen LogP contribution in [0.5, 0.6) is 0 Å². The average molecular weight is 539 g/mol. The van der Waals surface area contributed by atoms with Crippen molar-refractivity contribution in [3.8, 4) is 16.9 Å². The zero-order valence-electron chi connectivity index (χ0n) is 22.4. The summed E-state index contributed by atoms with van der Waals surface area (Å²) in [6.07, 6.45) is 12.0. The first-order valence-corrected chi connectivity index (χ1v) is 13.4. The van der Waals surface area contributed by atoms with Gasteiger partial charge in [0.2, 0.25) is 5.91 Å². The number of aromatic nitrogens is 7. The van der Waals surface area contributed by atoms with Gasteiger partial charge in [0.25, 0.3) is 0 Å². The lowest BCUT2D eigenvalue weighted by molar-refractivity contribution is -0.123. The van der Waals surface area contributed by atoms with Crippen molar-refractivity contribution in [3.05, 3.63) is 78.8 Å². The van der Waals surface area contributed by atoms with Gasteiger partial charge in [0, 0.05) is 55.6 Å². The number of imidazole rings is 1. The largest absolute Gasteiger partial charge is 0.477 e. The first-order chi connectivity index (χ1) is 19.4. The number of amides is 1. The van der Waals surface area contributed by atoms with Crippen molar-refractivity contribution in [3.63, 3.8) is 0 Å². The van der Waals surface area contributed by atoms with Crippen LogP contribution in [-0.2, 0) is 18.4 Å². The van der Waals surface area contributed by atoms with Crippen LogP contribution in [0.1, 0.15) is 48.8 Å². The van der Waals surface area contributed by atoms with E-state index in [1.807, 2.05) is 54.2 Å². The summed E-state index contributed by atoms with van der Waals surface area (Å²) in [5.74, 6) is -0.0872. The van der Waals surface area contributed by atoms with E-state index >= 15 is 0 Å². The highest BCUT2D eigenvalue weighted by atomic mass is 16.4. The van der Waals surface area contributed by atoms with Gasteiger partial charge >= 0.3 is 5.97 Å². The molecule has 1 fully saturated rings. The maximum absolute atomic E-state index is 13.9. The molecule has 11 heteroatoms.